The Bertz CT molecular complexity index is 636. The van der Waals surface area contributed by atoms with Crippen LogP contribution in [0.15, 0.2) is 41.1 Å². The SMILES string of the molecule is O=C(O)C1CN(C(=O)c2ccsc2)c2ccccc21. The van der Waals surface area contributed by atoms with Crippen LogP contribution in [0.4, 0.5) is 5.69 Å². The molecule has 2 aromatic rings. The van der Waals surface area contributed by atoms with E-state index in [4.69, 9.17) is 0 Å². The molecule has 1 aliphatic rings. The average Bonchev–Trinajstić information content (AvgIpc) is 3.05. The van der Waals surface area contributed by atoms with Crippen LogP contribution in [0, 0.1) is 0 Å². The minimum atomic E-state index is -0.895. The average molecular weight is 273 g/mol. The molecule has 0 fully saturated rings. The molecule has 1 N–H and O–H groups in total. The first-order valence-corrected chi connectivity index (χ1v) is 6.78. The van der Waals surface area contributed by atoms with Crippen molar-refractivity contribution in [2.75, 3.05) is 11.4 Å². The topological polar surface area (TPSA) is 57.6 Å². The number of anilines is 1. The van der Waals surface area contributed by atoms with Gasteiger partial charge in [0.2, 0.25) is 0 Å². The number of aliphatic carboxylic acids is 1. The fourth-order valence-corrected chi connectivity index (χ4v) is 2.98. The molecule has 1 aromatic heterocycles. The van der Waals surface area contributed by atoms with Gasteiger partial charge in [0.15, 0.2) is 0 Å². The summed E-state index contributed by atoms with van der Waals surface area (Å²) in [6, 6.07) is 8.94. The van der Waals surface area contributed by atoms with E-state index in [0.29, 0.717) is 16.8 Å². The van der Waals surface area contributed by atoms with Crippen LogP contribution in [-0.4, -0.2) is 23.5 Å². The molecule has 1 amide bonds. The lowest BCUT2D eigenvalue weighted by atomic mass is 10.0. The molecule has 4 nitrogen and oxygen atoms in total. The van der Waals surface area contributed by atoms with Gasteiger partial charge in [0.1, 0.15) is 5.92 Å². The number of carboxylic acid groups (broad SMARTS) is 1. The highest BCUT2D eigenvalue weighted by atomic mass is 32.1. The van der Waals surface area contributed by atoms with Crippen LogP contribution in [0.3, 0.4) is 0 Å². The lowest BCUT2D eigenvalue weighted by molar-refractivity contribution is -0.138. The Morgan fingerprint density at radius 1 is 1.26 bits per heavy atom. The molecule has 1 aromatic carbocycles. The molecule has 3 rings (SSSR count). The van der Waals surface area contributed by atoms with Crippen LogP contribution in [-0.2, 0) is 4.79 Å². The number of para-hydroxylation sites is 1. The first-order valence-electron chi connectivity index (χ1n) is 5.84. The van der Waals surface area contributed by atoms with Gasteiger partial charge in [-0.1, -0.05) is 18.2 Å². The number of amides is 1. The molecule has 0 aliphatic carbocycles. The Morgan fingerprint density at radius 2 is 2.05 bits per heavy atom. The van der Waals surface area contributed by atoms with Gasteiger partial charge in [0, 0.05) is 17.6 Å². The Kier molecular flexibility index (Phi) is 2.83. The van der Waals surface area contributed by atoms with Crippen LogP contribution in [0.1, 0.15) is 21.8 Å². The smallest absolute Gasteiger partial charge is 0.312 e. The number of fused-ring (bicyclic) bond motifs is 1. The van der Waals surface area contributed by atoms with Gasteiger partial charge in [-0.2, -0.15) is 11.3 Å². The molecule has 96 valence electrons. The number of hydrogen-bond donors (Lipinski definition) is 1. The van der Waals surface area contributed by atoms with Gasteiger partial charge >= 0.3 is 5.97 Å². The summed E-state index contributed by atoms with van der Waals surface area (Å²) in [6.45, 7) is 0.198. The monoisotopic (exact) mass is 273 g/mol. The van der Waals surface area contributed by atoms with Gasteiger partial charge in [-0.05, 0) is 23.1 Å². The number of carbonyl (C=O) groups is 2. The van der Waals surface area contributed by atoms with Crippen LogP contribution in [0.5, 0.6) is 0 Å². The molecule has 19 heavy (non-hydrogen) atoms. The summed E-state index contributed by atoms with van der Waals surface area (Å²) < 4.78 is 0. The van der Waals surface area contributed by atoms with E-state index in [1.165, 1.54) is 11.3 Å². The van der Waals surface area contributed by atoms with Crippen molar-refractivity contribution in [1.29, 1.82) is 0 Å². The highest BCUT2D eigenvalue weighted by Gasteiger charge is 2.36. The van der Waals surface area contributed by atoms with Gasteiger partial charge in [0.05, 0.1) is 5.56 Å². The van der Waals surface area contributed by atoms with Gasteiger partial charge in [-0.15, -0.1) is 0 Å². The van der Waals surface area contributed by atoms with Crippen molar-refractivity contribution in [3.63, 3.8) is 0 Å². The number of thiophene rings is 1. The molecule has 0 spiro atoms. The quantitative estimate of drug-likeness (QED) is 0.915. The molecule has 1 unspecified atom stereocenters. The summed E-state index contributed by atoms with van der Waals surface area (Å²) in [5, 5.41) is 12.9. The zero-order valence-electron chi connectivity index (χ0n) is 9.95. The number of nitrogens with zero attached hydrogens (tertiary/aromatic N) is 1. The van der Waals surface area contributed by atoms with Crippen molar-refractivity contribution in [2.24, 2.45) is 0 Å². The van der Waals surface area contributed by atoms with Gasteiger partial charge in [0.25, 0.3) is 5.91 Å². The fraction of sp³-hybridized carbons (Fsp3) is 0.143. The minimum absolute atomic E-state index is 0.141. The summed E-state index contributed by atoms with van der Waals surface area (Å²) in [5.74, 6) is -1.68. The Morgan fingerprint density at radius 3 is 2.74 bits per heavy atom. The van der Waals surface area contributed by atoms with Gasteiger partial charge in [-0.3, -0.25) is 9.59 Å². The fourth-order valence-electron chi connectivity index (χ4n) is 2.35. The van der Waals surface area contributed by atoms with E-state index >= 15 is 0 Å². The zero-order chi connectivity index (χ0) is 13.4. The van der Waals surface area contributed by atoms with E-state index in [9.17, 15) is 14.7 Å². The van der Waals surface area contributed by atoms with Crippen molar-refractivity contribution in [3.05, 3.63) is 52.2 Å². The highest BCUT2D eigenvalue weighted by molar-refractivity contribution is 7.08. The number of rotatable bonds is 2. The van der Waals surface area contributed by atoms with Crippen molar-refractivity contribution < 1.29 is 14.7 Å². The molecule has 0 saturated heterocycles. The van der Waals surface area contributed by atoms with E-state index in [2.05, 4.69) is 0 Å². The highest BCUT2D eigenvalue weighted by Crippen LogP contribution is 2.37. The van der Waals surface area contributed by atoms with Crippen LogP contribution in [0.2, 0.25) is 0 Å². The summed E-state index contributed by atoms with van der Waals surface area (Å²) in [7, 11) is 0. The molecule has 5 heteroatoms. The van der Waals surface area contributed by atoms with Crippen LogP contribution >= 0.6 is 11.3 Å². The van der Waals surface area contributed by atoms with Crippen LogP contribution < -0.4 is 4.90 Å². The van der Waals surface area contributed by atoms with E-state index in [1.807, 2.05) is 11.4 Å². The van der Waals surface area contributed by atoms with Crippen molar-refractivity contribution in [2.45, 2.75) is 5.92 Å². The second-order valence-electron chi connectivity index (χ2n) is 4.38. The van der Waals surface area contributed by atoms with Crippen molar-refractivity contribution >= 4 is 28.9 Å². The van der Waals surface area contributed by atoms with E-state index in [0.717, 1.165) is 0 Å². The first-order chi connectivity index (χ1) is 9.18. The number of carboxylic acids is 1. The summed E-state index contributed by atoms with van der Waals surface area (Å²) >= 11 is 1.45. The maximum atomic E-state index is 12.4. The zero-order valence-corrected chi connectivity index (χ0v) is 10.8. The maximum absolute atomic E-state index is 12.4. The number of carbonyl (C=O) groups excluding carboxylic acids is 1. The summed E-state index contributed by atoms with van der Waals surface area (Å²) in [4.78, 5) is 25.2. The molecule has 1 aliphatic heterocycles. The predicted octanol–water partition coefficient (Wildman–Crippen LogP) is 2.58. The summed E-state index contributed by atoms with van der Waals surface area (Å²) in [6.07, 6.45) is 0. The molecule has 1 atom stereocenters. The summed E-state index contributed by atoms with van der Waals surface area (Å²) in [5.41, 5.74) is 2.01. The molecular formula is C14H11NO3S. The van der Waals surface area contributed by atoms with E-state index < -0.39 is 11.9 Å². The second-order valence-corrected chi connectivity index (χ2v) is 5.16. The van der Waals surface area contributed by atoms with Gasteiger partial charge < -0.3 is 10.0 Å². The minimum Gasteiger partial charge on any atom is -0.481 e. The first kappa shape index (κ1) is 11.9. The molecular weight excluding hydrogens is 262 g/mol. The number of benzene rings is 1. The molecule has 0 saturated carbocycles. The molecule has 0 bridgehead atoms. The van der Waals surface area contributed by atoms with E-state index in [-0.39, 0.29) is 12.5 Å². The Balaban J connectivity index is 2.01. The molecule has 0 radical (unpaired) electrons. The number of hydrogen-bond acceptors (Lipinski definition) is 3. The van der Waals surface area contributed by atoms with Gasteiger partial charge in [-0.25, -0.2) is 0 Å². The second kappa shape index (κ2) is 4.51. The molecule has 2 heterocycles. The maximum Gasteiger partial charge on any atom is 0.312 e. The Hall–Kier alpha value is -2.14. The van der Waals surface area contributed by atoms with Crippen LogP contribution in [0.25, 0.3) is 0 Å². The van der Waals surface area contributed by atoms with Crippen molar-refractivity contribution in [3.8, 4) is 0 Å². The Labute approximate surface area is 113 Å². The normalized spacial score (nSPS) is 17.3. The lowest BCUT2D eigenvalue weighted by Gasteiger charge is -2.16. The van der Waals surface area contributed by atoms with E-state index in [1.54, 1.807) is 34.5 Å². The van der Waals surface area contributed by atoms with Crippen molar-refractivity contribution in [1.82, 2.24) is 0 Å². The lowest BCUT2D eigenvalue weighted by Crippen LogP contribution is -2.30. The third-order valence-corrected chi connectivity index (χ3v) is 3.96. The standard InChI is InChI=1S/C14H11NO3S/c16-13(9-5-6-19-8-9)15-7-11(14(17)18)10-3-1-2-4-12(10)15/h1-6,8,11H,7H2,(H,17,18). The largest absolute Gasteiger partial charge is 0.481 e. The third-order valence-electron chi connectivity index (χ3n) is 3.28. The predicted molar refractivity (Wildman–Crippen MR) is 72.8 cm³/mol. The third kappa shape index (κ3) is 1.92.